The highest BCUT2D eigenvalue weighted by Gasteiger charge is 2.24. The molecule has 1 amide bonds. The first-order valence-corrected chi connectivity index (χ1v) is 47.5. The summed E-state index contributed by atoms with van der Waals surface area (Å²) in [7, 11) is 12.6. The summed E-state index contributed by atoms with van der Waals surface area (Å²) in [5.41, 5.74) is 16.2. The third-order valence-electron chi connectivity index (χ3n) is 22.9. The summed E-state index contributed by atoms with van der Waals surface area (Å²) in [6.07, 6.45) is 9.64. The molecular weight excluding hydrogens is 1730 g/mol. The number of carbonyl (C=O) groups is 3. The van der Waals surface area contributed by atoms with E-state index in [0.717, 1.165) is 236 Å². The van der Waals surface area contributed by atoms with Crippen LogP contribution in [-0.4, -0.2) is 181 Å². The average Bonchev–Trinajstić information content (AvgIpc) is 1.69. The summed E-state index contributed by atoms with van der Waals surface area (Å²) in [5, 5.41) is 49.1. The fourth-order valence-corrected chi connectivity index (χ4v) is 15.2. The fraction of sp³-hybridized carbons (Fsp3) is 0.376. The standard InChI is InChI=1S/C22H27F2N3O.C22H29N3O2.2C22H27N3O2.C21H27N5O2/c1-4-5-12-27(3)14-21-19-13-18(10-11-20(19)25-26-21)28-15-16-6-8-17(9-7-16)22(2,23)24;1-5-6-12-25(4)15-22-20-14-19(10-11-21(20)23-24-22)27-18-9-7-8-17(13-18)26-16(2)3;1-4-5-12-25(3)14-22-20-13-19(10-11-21(20)23-24-22)27-15-17-6-8-18(9-7-17)16(2)26;1-4-5-11-25(3)14-22-20-13-19(9-10-21(20)23-24-22)27-15-17-7-6-8-18(12-17)16(2)26;1-15(27)23-17-6-4-5-16(11-17)14-28-18-7-8-20-19(12-18)21(25-24-20)13-26(3)10-9-22-2/h6-11,13H,4-5,12,14-15H2,1-3H3,(H,25,26);7-11,13-14,16H,5-6,12,15H2,1-4H3,(H,23,24);6-11,13H,4-5,12,14-15H2,1-3H3,(H,23,24);6-10,12-13H,4-5,11,14-15H2,1-3H3,(H,23,24);4-8,11-12,22H,9-10,13-14H2,1-3H3,(H,23,27)(H,24,25). The molecule has 0 fully saturated rings. The van der Waals surface area contributed by atoms with E-state index in [1.54, 1.807) is 26.0 Å². The summed E-state index contributed by atoms with van der Waals surface area (Å²) in [4.78, 5) is 45.5. The lowest BCUT2D eigenvalue weighted by Crippen LogP contribution is -2.27. The van der Waals surface area contributed by atoms with Gasteiger partial charge in [-0.25, -0.2) is 8.78 Å². The van der Waals surface area contributed by atoms with Gasteiger partial charge in [0.1, 0.15) is 66.7 Å². The number of anilines is 1. The van der Waals surface area contributed by atoms with Gasteiger partial charge in [-0.2, -0.15) is 25.5 Å². The number of H-pyrrole nitrogens is 5. The summed E-state index contributed by atoms with van der Waals surface area (Å²) >= 11 is 0. The first-order chi connectivity index (χ1) is 66.1. The van der Waals surface area contributed by atoms with Crippen LogP contribution in [0.25, 0.3) is 54.5 Å². The number of nitrogens with one attached hydrogen (secondary N) is 7. The van der Waals surface area contributed by atoms with E-state index in [1.165, 1.54) is 70.4 Å². The largest absolute Gasteiger partial charge is 0.491 e. The van der Waals surface area contributed by atoms with Gasteiger partial charge < -0.3 is 58.7 Å². The van der Waals surface area contributed by atoms with E-state index in [9.17, 15) is 23.2 Å². The molecule has 5 heterocycles. The van der Waals surface area contributed by atoms with Crippen LogP contribution in [-0.2, 0) is 69.9 Å². The molecule has 726 valence electrons. The SMILES string of the molecule is CCCCN(C)Cc1[nH]nc2ccc(OCc3ccc(C(C)(F)F)cc3)cc12.CCCCN(C)Cc1[nH]nc2ccc(OCc3ccc(C(C)=O)cc3)cc12.CCCCN(C)Cc1[nH]nc2ccc(OCc3cccc(C(C)=O)c3)cc12.CCCCN(C)Cc1[nH]nc2ccc(Oc3cccc(OC(C)C)c3)cc12.CNCCN(C)Cc1[nH]nc2ccc(OCc3cccc(NC(C)=O)c3)cc12. The minimum Gasteiger partial charge on any atom is -0.491 e. The average molecular weight is 1870 g/mol. The zero-order chi connectivity index (χ0) is 97.8. The van der Waals surface area contributed by atoms with Gasteiger partial charge in [0.05, 0.1) is 62.2 Å². The number of Topliss-reactive ketones (excluding diaryl/α,β-unsaturated/α-hetero) is 2. The lowest BCUT2D eigenvalue weighted by Gasteiger charge is -2.15. The number of ketones is 2. The second kappa shape index (κ2) is 52.8. The first kappa shape index (κ1) is 104. The summed E-state index contributed by atoms with van der Waals surface area (Å²) in [5.74, 6) is 2.73. The Kier molecular flexibility index (Phi) is 40.1. The molecular formula is C109H137F2N17O9. The smallest absolute Gasteiger partial charge is 0.270 e. The molecule has 0 saturated heterocycles. The summed E-state index contributed by atoms with van der Waals surface area (Å²) < 4.78 is 62.2. The van der Waals surface area contributed by atoms with Crippen LogP contribution in [0.2, 0.25) is 0 Å². The number of amides is 1. The van der Waals surface area contributed by atoms with Gasteiger partial charge in [-0.3, -0.25) is 44.8 Å². The molecule has 0 unspecified atom stereocenters. The van der Waals surface area contributed by atoms with E-state index < -0.39 is 5.92 Å². The lowest BCUT2D eigenvalue weighted by molar-refractivity contribution is -0.114. The highest BCUT2D eigenvalue weighted by molar-refractivity contribution is 5.95. The number of likely N-dealkylation sites (N-methyl/N-ethyl adjacent to an activating group) is 2. The molecule has 0 atom stereocenters. The Bertz CT molecular complexity index is 6280. The third kappa shape index (κ3) is 33.1. The van der Waals surface area contributed by atoms with Crippen molar-refractivity contribution in [3.05, 3.63) is 280 Å². The number of unbranched alkanes of at least 4 members (excludes halogenated alkanes) is 4. The second-order valence-electron chi connectivity index (χ2n) is 35.5. The van der Waals surface area contributed by atoms with Crippen molar-refractivity contribution in [2.24, 2.45) is 0 Å². The number of halogens is 2. The quantitative estimate of drug-likeness (QED) is 0.0175. The number of carbonyl (C=O) groups excluding carboxylic acids is 3. The number of hydrogen-bond donors (Lipinski definition) is 7. The molecule has 15 aromatic rings. The Labute approximate surface area is 804 Å². The number of aromatic amines is 5. The maximum absolute atomic E-state index is 13.3. The first-order valence-electron chi connectivity index (χ1n) is 47.5. The molecule has 0 aliphatic heterocycles. The predicted octanol–water partition coefficient (Wildman–Crippen LogP) is 22.8. The van der Waals surface area contributed by atoms with Crippen LogP contribution in [0.15, 0.2) is 212 Å². The van der Waals surface area contributed by atoms with Crippen molar-refractivity contribution in [1.82, 2.24) is 80.8 Å². The fourth-order valence-electron chi connectivity index (χ4n) is 15.2. The summed E-state index contributed by atoms with van der Waals surface area (Å²) in [6, 6.07) is 66.4. The van der Waals surface area contributed by atoms with Crippen LogP contribution >= 0.6 is 0 Å². The number of hydrogen-bond acceptors (Lipinski definition) is 20. The molecule has 137 heavy (non-hydrogen) atoms. The van der Waals surface area contributed by atoms with Crippen LogP contribution in [0.4, 0.5) is 14.5 Å². The van der Waals surface area contributed by atoms with E-state index in [0.29, 0.717) is 32.0 Å². The maximum Gasteiger partial charge on any atom is 0.270 e. The Balaban J connectivity index is 0.000000164. The van der Waals surface area contributed by atoms with Gasteiger partial charge in [-0.1, -0.05) is 138 Å². The van der Waals surface area contributed by atoms with Crippen molar-refractivity contribution in [1.29, 1.82) is 0 Å². The Morgan fingerprint density at radius 2 is 0.701 bits per heavy atom. The van der Waals surface area contributed by atoms with E-state index >= 15 is 0 Å². The van der Waals surface area contributed by atoms with E-state index in [-0.39, 0.29) is 29.1 Å². The molecule has 0 radical (unpaired) electrons. The minimum absolute atomic E-state index is 0.00732. The van der Waals surface area contributed by atoms with Crippen LogP contribution in [0.5, 0.6) is 40.2 Å². The zero-order valence-corrected chi connectivity index (χ0v) is 82.5. The van der Waals surface area contributed by atoms with Crippen molar-refractivity contribution in [3.8, 4) is 40.2 Å². The minimum atomic E-state index is -2.83. The van der Waals surface area contributed by atoms with Crippen molar-refractivity contribution in [2.75, 3.05) is 86.9 Å². The highest BCUT2D eigenvalue weighted by Crippen LogP contribution is 2.34. The molecule has 26 nitrogen and oxygen atoms in total. The van der Waals surface area contributed by atoms with E-state index in [2.05, 4.69) is 155 Å². The van der Waals surface area contributed by atoms with Gasteiger partial charge in [0.2, 0.25) is 5.91 Å². The predicted molar refractivity (Wildman–Crippen MR) is 545 cm³/mol. The van der Waals surface area contributed by atoms with Crippen LogP contribution < -0.4 is 39.1 Å². The van der Waals surface area contributed by atoms with Gasteiger partial charge in [0.25, 0.3) is 5.92 Å². The Hall–Kier alpha value is -13.2. The number of alkyl halides is 2. The topological polar surface area (TPSA) is 290 Å². The lowest BCUT2D eigenvalue weighted by atomic mass is 10.1. The highest BCUT2D eigenvalue weighted by atomic mass is 19.3. The molecule has 5 aromatic heterocycles. The normalized spacial score (nSPS) is 11.4. The van der Waals surface area contributed by atoms with E-state index in [4.69, 9.17) is 28.4 Å². The molecule has 28 heteroatoms. The van der Waals surface area contributed by atoms with Gasteiger partial charge >= 0.3 is 0 Å². The maximum atomic E-state index is 13.3. The Morgan fingerprint density at radius 1 is 0.372 bits per heavy atom. The molecule has 0 aliphatic carbocycles. The monoisotopic (exact) mass is 1870 g/mol. The molecule has 0 saturated carbocycles. The van der Waals surface area contributed by atoms with Crippen molar-refractivity contribution < 1.29 is 51.6 Å². The Morgan fingerprint density at radius 3 is 1.06 bits per heavy atom. The number of rotatable bonds is 45. The van der Waals surface area contributed by atoms with Crippen molar-refractivity contribution in [2.45, 2.75) is 192 Å². The number of ether oxygens (including phenoxy) is 6. The number of aromatic nitrogens is 10. The second-order valence-corrected chi connectivity index (χ2v) is 35.5. The van der Waals surface area contributed by atoms with Gasteiger partial charge in [0.15, 0.2) is 11.6 Å². The van der Waals surface area contributed by atoms with Crippen molar-refractivity contribution >= 4 is 77.7 Å². The van der Waals surface area contributed by atoms with Crippen LogP contribution in [0.1, 0.15) is 198 Å². The molecule has 10 aromatic carbocycles. The van der Waals surface area contributed by atoms with Crippen LogP contribution in [0, 0.1) is 0 Å². The van der Waals surface area contributed by atoms with Gasteiger partial charge in [0, 0.05) is 115 Å². The third-order valence-corrected chi connectivity index (χ3v) is 22.9. The molecule has 0 bridgehead atoms. The van der Waals surface area contributed by atoms with Crippen molar-refractivity contribution in [3.63, 3.8) is 0 Å². The summed E-state index contributed by atoms with van der Waals surface area (Å²) in [6.45, 7) is 30.3. The number of benzene rings is 10. The molecule has 0 spiro atoms. The van der Waals surface area contributed by atoms with Gasteiger partial charge in [-0.15, -0.1) is 0 Å². The number of nitrogens with zero attached hydrogens (tertiary/aromatic N) is 10. The zero-order valence-electron chi connectivity index (χ0n) is 82.5. The van der Waals surface area contributed by atoms with Crippen LogP contribution in [0.3, 0.4) is 0 Å². The van der Waals surface area contributed by atoms with E-state index in [1.807, 2.05) is 203 Å². The number of fused-ring (bicyclic) bond motifs is 5. The molecule has 15 rings (SSSR count). The van der Waals surface area contributed by atoms with Gasteiger partial charge in [-0.05, 0) is 265 Å². The molecule has 0 aliphatic rings. The molecule has 7 N–H and O–H groups in total.